The van der Waals surface area contributed by atoms with E-state index in [1.54, 1.807) is 12.1 Å². The van der Waals surface area contributed by atoms with Crippen LogP contribution < -0.4 is 4.90 Å². The molecule has 0 aromatic heterocycles. The van der Waals surface area contributed by atoms with Gasteiger partial charge in [0, 0.05) is 18.7 Å². The first-order chi connectivity index (χ1) is 9.15. The molecular weight excluding hydrogens is 268 g/mol. The van der Waals surface area contributed by atoms with Crippen molar-refractivity contribution in [3.8, 4) is 0 Å². The number of nitro benzene ring substituents is 1. The fraction of sp³-hybridized carbons (Fsp3) is 0.538. The average Bonchev–Trinajstić information content (AvgIpc) is 2.89. The van der Waals surface area contributed by atoms with Crippen molar-refractivity contribution >= 4 is 23.0 Å². The lowest BCUT2D eigenvalue weighted by atomic mass is 10.1. The molecule has 19 heavy (non-hydrogen) atoms. The Morgan fingerprint density at radius 1 is 1.42 bits per heavy atom. The summed E-state index contributed by atoms with van der Waals surface area (Å²) < 4.78 is 0. The van der Waals surface area contributed by atoms with E-state index in [4.69, 9.17) is 11.6 Å². The number of hydrogen-bond donors (Lipinski definition) is 1. The van der Waals surface area contributed by atoms with Gasteiger partial charge in [-0.2, -0.15) is 0 Å². The van der Waals surface area contributed by atoms with E-state index < -0.39 is 4.92 Å². The molecule has 2 rings (SSSR count). The van der Waals surface area contributed by atoms with Crippen molar-refractivity contribution in [2.24, 2.45) is 0 Å². The zero-order chi connectivity index (χ0) is 13.8. The Labute approximate surface area is 116 Å². The number of anilines is 1. The van der Waals surface area contributed by atoms with Gasteiger partial charge in [-0.25, -0.2) is 0 Å². The molecule has 6 heteroatoms. The Morgan fingerprint density at radius 2 is 2.11 bits per heavy atom. The average molecular weight is 285 g/mol. The highest BCUT2D eigenvalue weighted by Gasteiger charge is 2.29. The molecule has 0 radical (unpaired) electrons. The highest BCUT2D eigenvalue weighted by Crippen LogP contribution is 2.39. The summed E-state index contributed by atoms with van der Waals surface area (Å²) in [5.41, 5.74) is 0.447. The summed E-state index contributed by atoms with van der Waals surface area (Å²) in [7, 11) is 0. The van der Waals surface area contributed by atoms with E-state index in [1.807, 2.05) is 4.90 Å². The molecule has 1 fully saturated rings. The van der Waals surface area contributed by atoms with Crippen LogP contribution in [0.4, 0.5) is 11.4 Å². The molecule has 0 atom stereocenters. The van der Waals surface area contributed by atoms with Crippen LogP contribution in [-0.2, 0) is 0 Å². The normalized spacial score (nSPS) is 15.7. The number of aliphatic hydroxyl groups excluding tert-OH is 1. The molecule has 1 aromatic rings. The van der Waals surface area contributed by atoms with Crippen molar-refractivity contribution in [1.29, 1.82) is 0 Å². The Morgan fingerprint density at radius 3 is 2.68 bits per heavy atom. The van der Waals surface area contributed by atoms with Gasteiger partial charge in [0.05, 0.1) is 16.6 Å². The van der Waals surface area contributed by atoms with E-state index in [2.05, 4.69) is 0 Å². The molecule has 1 N–H and O–H groups in total. The third-order valence-electron chi connectivity index (χ3n) is 3.56. The molecule has 1 aliphatic carbocycles. The summed E-state index contributed by atoms with van der Waals surface area (Å²) in [5, 5.41) is 20.7. The van der Waals surface area contributed by atoms with Crippen molar-refractivity contribution in [3.05, 3.63) is 33.3 Å². The Bertz CT molecular complexity index is 461. The van der Waals surface area contributed by atoms with Gasteiger partial charge < -0.3 is 10.0 Å². The van der Waals surface area contributed by atoms with Gasteiger partial charge in [-0.1, -0.05) is 30.5 Å². The lowest BCUT2D eigenvalue weighted by Crippen LogP contribution is -2.36. The van der Waals surface area contributed by atoms with Gasteiger partial charge in [-0.15, -0.1) is 0 Å². The number of para-hydroxylation sites is 1. The van der Waals surface area contributed by atoms with Crippen molar-refractivity contribution in [2.75, 3.05) is 18.1 Å². The molecule has 104 valence electrons. The molecule has 0 saturated heterocycles. The minimum absolute atomic E-state index is 0.00727. The van der Waals surface area contributed by atoms with Crippen LogP contribution in [0.2, 0.25) is 5.02 Å². The summed E-state index contributed by atoms with van der Waals surface area (Å²) in [4.78, 5) is 12.6. The van der Waals surface area contributed by atoms with Gasteiger partial charge >= 0.3 is 0 Å². The van der Waals surface area contributed by atoms with Crippen molar-refractivity contribution in [3.63, 3.8) is 0 Å². The summed E-state index contributed by atoms with van der Waals surface area (Å²) in [6.07, 6.45) is 4.21. The summed E-state index contributed by atoms with van der Waals surface area (Å²) in [6, 6.07) is 4.92. The summed E-state index contributed by atoms with van der Waals surface area (Å²) in [5.74, 6) is 0. The highest BCUT2D eigenvalue weighted by molar-refractivity contribution is 6.33. The molecule has 0 unspecified atom stereocenters. The fourth-order valence-electron chi connectivity index (χ4n) is 2.74. The smallest absolute Gasteiger partial charge is 0.294 e. The van der Waals surface area contributed by atoms with Crippen LogP contribution in [0, 0.1) is 10.1 Å². The maximum absolute atomic E-state index is 11.2. The second-order valence-electron chi connectivity index (χ2n) is 4.72. The highest BCUT2D eigenvalue weighted by atomic mass is 35.5. The Kier molecular flexibility index (Phi) is 4.61. The second kappa shape index (κ2) is 6.21. The zero-order valence-corrected chi connectivity index (χ0v) is 11.3. The molecular formula is C13H17ClN2O3. The Balaban J connectivity index is 2.42. The van der Waals surface area contributed by atoms with Gasteiger partial charge in [0.25, 0.3) is 5.69 Å². The first-order valence-electron chi connectivity index (χ1n) is 6.45. The fourth-order valence-corrected chi connectivity index (χ4v) is 3.01. The third-order valence-corrected chi connectivity index (χ3v) is 3.86. The molecule has 1 saturated carbocycles. The second-order valence-corrected chi connectivity index (χ2v) is 5.13. The molecule has 5 nitrogen and oxygen atoms in total. The maximum Gasteiger partial charge on any atom is 0.294 e. The predicted octanol–water partition coefficient (Wildman–Crippen LogP) is 2.99. The number of rotatable bonds is 5. The van der Waals surface area contributed by atoms with Gasteiger partial charge in [0.1, 0.15) is 5.69 Å². The van der Waals surface area contributed by atoms with E-state index >= 15 is 0 Å². The van der Waals surface area contributed by atoms with Gasteiger partial charge in [0.2, 0.25) is 0 Å². The van der Waals surface area contributed by atoms with E-state index in [1.165, 1.54) is 6.07 Å². The van der Waals surface area contributed by atoms with Gasteiger partial charge in [-0.05, 0) is 18.9 Å². The van der Waals surface area contributed by atoms with Crippen LogP contribution in [0.15, 0.2) is 18.2 Å². The van der Waals surface area contributed by atoms with Crippen LogP contribution >= 0.6 is 11.6 Å². The first-order valence-corrected chi connectivity index (χ1v) is 6.83. The van der Waals surface area contributed by atoms with Gasteiger partial charge in [-0.3, -0.25) is 10.1 Å². The Hall–Kier alpha value is -1.33. The monoisotopic (exact) mass is 284 g/mol. The lowest BCUT2D eigenvalue weighted by Gasteiger charge is -2.30. The van der Waals surface area contributed by atoms with Gasteiger partial charge in [0.15, 0.2) is 0 Å². The van der Waals surface area contributed by atoms with E-state index in [0.717, 1.165) is 25.7 Å². The number of nitro groups is 1. The number of aliphatic hydroxyl groups is 1. The van der Waals surface area contributed by atoms with Crippen molar-refractivity contribution in [1.82, 2.24) is 0 Å². The standard InChI is InChI=1S/C13H17ClN2O3/c14-11-6-3-7-12(16(18)19)13(11)15(8-9-17)10-4-1-2-5-10/h3,6-7,10,17H,1-2,4-5,8-9H2. The van der Waals surface area contributed by atoms with Crippen LogP contribution in [0.1, 0.15) is 25.7 Å². The number of benzene rings is 1. The van der Waals surface area contributed by atoms with E-state index in [9.17, 15) is 15.2 Å². The lowest BCUT2D eigenvalue weighted by molar-refractivity contribution is -0.384. The molecule has 1 aliphatic rings. The molecule has 0 aliphatic heterocycles. The summed E-state index contributed by atoms with van der Waals surface area (Å²) >= 11 is 6.15. The van der Waals surface area contributed by atoms with E-state index in [0.29, 0.717) is 17.3 Å². The SMILES string of the molecule is O=[N+]([O-])c1cccc(Cl)c1N(CCO)C1CCCC1. The minimum Gasteiger partial charge on any atom is -0.395 e. The molecule has 0 spiro atoms. The molecule has 0 heterocycles. The van der Waals surface area contributed by atoms with Crippen LogP contribution in [0.5, 0.6) is 0 Å². The van der Waals surface area contributed by atoms with Crippen LogP contribution in [-0.4, -0.2) is 29.2 Å². The quantitative estimate of drug-likeness (QED) is 0.667. The molecule has 0 amide bonds. The topological polar surface area (TPSA) is 66.6 Å². The predicted molar refractivity (Wildman–Crippen MR) is 74.8 cm³/mol. The van der Waals surface area contributed by atoms with Crippen LogP contribution in [0.25, 0.3) is 0 Å². The largest absolute Gasteiger partial charge is 0.395 e. The van der Waals surface area contributed by atoms with Crippen molar-refractivity contribution in [2.45, 2.75) is 31.7 Å². The third kappa shape index (κ3) is 2.98. The minimum atomic E-state index is -0.416. The first kappa shape index (κ1) is 14.1. The maximum atomic E-state index is 11.2. The number of halogens is 1. The zero-order valence-electron chi connectivity index (χ0n) is 10.6. The molecule has 1 aromatic carbocycles. The number of nitrogens with zero attached hydrogens (tertiary/aromatic N) is 2. The van der Waals surface area contributed by atoms with Crippen LogP contribution in [0.3, 0.4) is 0 Å². The number of hydrogen-bond acceptors (Lipinski definition) is 4. The van der Waals surface area contributed by atoms with E-state index in [-0.39, 0.29) is 18.3 Å². The van der Waals surface area contributed by atoms with Crippen molar-refractivity contribution < 1.29 is 10.0 Å². The summed E-state index contributed by atoms with van der Waals surface area (Å²) in [6.45, 7) is 0.327. The molecule has 0 bridgehead atoms.